The number of nitrogens with zero attached hydrogens (tertiary/aromatic N) is 2. The number of rotatable bonds is 8. The Kier molecular flexibility index (Phi) is 6.94. The zero-order chi connectivity index (χ0) is 14.1. The minimum absolute atomic E-state index is 0.197. The second kappa shape index (κ2) is 8.52. The molecule has 4 heteroatoms. The molecule has 0 aliphatic heterocycles. The second-order valence-corrected chi connectivity index (χ2v) is 4.49. The molecule has 4 nitrogen and oxygen atoms in total. The van der Waals surface area contributed by atoms with Crippen LogP contribution in [-0.2, 0) is 0 Å². The first-order chi connectivity index (χ1) is 9.21. The Morgan fingerprint density at radius 1 is 1.37 bits per heavy atom. The summed E-state index contributed by atoms with van der Waals surface area (Å²) in [4.78, 5) is 2.36. The highest BCUT2D eigenvalue weighted by atomic mass is 16.3. The number of nitrogens with one attached hydrogen (secondary N) is 1. The molecule has 0 aliphatic rings. The summed E-state index contributed by atoms with van der Waals surface area (Å²) in [5, 5.41) is 21.8. The molecule has 1 unspecified atom stereocenters. The van der Waals surface area contributed by atoms with E-state index in [-0.39, 0.29) is 11.8 Å². The van der Waals surface area contributed by atoms with E-state index in [1.807, 2.05) is 6.07 Å². The summed E-state index contributed by atoms with van der Waals surface area (Å²) in [6.07, 6.45) is 1.01. The van der Waals surface area contributed by atoms with Crippen molar-refractivity contribution in [2.45, 2.75) is 26.3 Å². The topological polar surface area (TPSA) is 59.3 Å². The molecule has 0 radical (unpaired) electrons. The van der Waals surface area contributed by atoms with Crippen LogP contribution in [0, 0.1) is 11.3 Å². The zero-order valence-electron chi connectivity index (χ0n) is 11.8. The first kappa shape index (κ1) is 15.5. The molecular formula is C15H23N3O. The van der Waals surface area contributed by atoms with Crippen molar-refractivity contribution >= 4 is 0 Å². The van der Waals surface area contributed by atoms with Crippen molar-refractivity contribution in [3.05, 3.63) is 29.8 Å². The van der Waals surface area contributed by atoms with Gasteiger partial charge in [-0.15, -0.1) is 0 Å². The molecule has 0 bridgehead atoms. The highest BCUT2D eigenvalue weighted by molar-refractivity contribution is 5.31. The van der Waals surface area contributed by atoms with Gasteiger partial charge in [0.05, 0.1) is 6.07 Å². The Hall–Kier alpha value is -1.57. The first-order valence-corrected chi connectivity index (χ1v) is 6.85. The van der Waals surface area contributed by atoms with Gasteiger partial charge in [-0.2, -0.15) is 5.26 Å². The summed E-state index contributed by atoms with van der Waals surface area (Å²) in [7, 11) is 0. The van der Waals surface area contributed by atoms with E-state index in [1.54, 1.807) is 18.2 Å². The summed E-state index contributed by atoms with van der Waals surface area (Å²) >= 11 is 0. The van der Waals surface area contributed by atoms with E-state index in [2.05, 4.69) is 30.1 Å². The molecule has 1 rings (SSSR count). The Morgan fingerprint density at radius 2 is 2.11 bits per heavy atom. The van der Waals surface area contributed by atoms with Crippen LogP contribution >= 0.6 is 0 Å². The Labute approximate surface area is 115 Å². The number of phenols is 1. The van der Waals surface area contributed by atoms with Crippen LogP contribution in [0.4, 0.5) is 0 Å². The van der Waals surface area contributed by atoms with Crippen molar-refractivity contribution in [1.82, 2.24) is 10.2 Å². The van der Waals surface area contributed by atoms with Crippen molar-refractivity contribution in [2.24, 2.45) is 0 Å². The molecule has 0 fully saturated rings. The summed E-state index contributed by atoms with van der Waals surface area (Å²) in [6, 6.07) is 8.72. The van der Waals surface area contributed by atoms with Crippen LogP contribution in [0.5, 0.6) is 5.75 Å². The van der Waals surface area contributed by atoms with Crippen molar-refractivity contribution in [2.75, 3.05) is 26.2 Å². The fourth-order valence-electron chi connectivity index (χ4n) is 2.03. The lowest BCUT2D eigenvalue weighted by Crippen LogP contribution is -2.28. The van der Waals surface area contributed by atoms with Gasteiger partial charge in [-0.1, -0.05) is 26.0 Å². The van der Waals surface area contributed by atoms with Gasteiger partial charge in [0.15, 0.2) is 0 Å². The standard InChI is InChI=1S/C15H23N3O/c1-3-18(4-2)10-6-9-17-15(12-16)13-7-5-8-14(19)11-13/h5,7-8,11,15,17,19H,3-4,6,9-10H2,1-2H3. The van der Waals surface area contributed by atoms with E-state index in [9.17, 15) is 5.11 Å². The summed E-state index contributed by atoms with van der Waals surface area (Å²) in [6.45, 7) is 8.27. The molecule has 1 atom stereocenters. The molecule has 0 heterocycles. The van der Waals surface area contributed by atoms with E-state index in [4.69, 9.17) is 5.26 Å². The fourth-order valence-corrected chi connectivity index (χ4v) is 2.03. The molecule has 0 aromatic heterocycles. The van der Waals surface area contributed by atoms with Crippen molar-refractivity contribution in [3.8, 4) is 11.8 Å². The predicted octanol–water partition coefficient (Wildman–Crippen LogP) is 2.28. The third-order valence-electron chi connectivity index (χ3n) is 3.23. The van der Waals surface area contributed by atoms with Gasteiger partial charge in [0.2, 0.25) is 0 Å². The maximum absolute atomic E-state index is 9.42. The van der Waals surface area contributed by atoms with Gasteiger partial charge < -0.3 is 10.0 Å². The van der Waals surface area contributed by atoms with Gasteiger partial charge >= 0.3 is 0 Å². The normalized spacial score (nSPS) is 12.3. The summed E-state index contributed by atoms with van der Waals surface area (Å²) in [5.74, 6) is 0.197. The third-order valence-corrected chi connectivity index (χ3v) is 3.23. The van der Waals surface area contributed by atoms with E-state index in [0.717, 1.165) is 38.2 Å². The molecule has 0 saturated carbocycles. The molecule has 2 N–H and O–H groups in total. The number of nitriles is 1. The molecule has 0 spiro atoms. The van der Waals surface area contributed by atoms with Gasteiger partial charge in [-0.3, -0.25) is 5.32 Å². The number of phenolic OH excluding ortho intramolecular Hbond substituents is 1. The number of benzene rings is 1. The molecule has 0 amide bonds. The van der Waals surface area contributed by atoms with Gasteiger partial charge in [-0.05, 0) is 50.3 Å². The molecule has 0 aliphatic carbocycles. The van der Waals surface area contributed by atoms with E-state index >= 15 is 0 Å². The lowest BCUT2D eigenvalue weighted by molar-refractivity contribution is 0.297. The average molecular weight is 261 g/mol. The van der Waals surface area contributed by atoms with Crippen molar-refractivity contribution in [3.63, 3.8) is 0 Å². The summed E-state index contributed by atoms with van der Waals surface area (Å²) in [5.41, 5.74) is 0.810. The van der Waals surface area contributed by atoms with Crippen LogP contribution in [0.2, 0.25) is 0 Å². The second-order valence-electron chi connectivity index (χ2n) is 4.49. The number of hydrogen-bond donors (Lipinski definition) is 2. The maximum atomic E-state index is 9.42. The van der Waals surface area contributed by atoms with Crippen LogP contribution in [0.15, 0.2) is 24.3 Å². The smallest absolute Gasteiger partial charge is 0.121 e. The lowest BCUT2D eigenvalue weighted by Gasteiger charge is -2.18. The molecule has 104 valence electrons. The average Bonchev–Trinajstić information content (AvgIpc) is 2.43. The monoisotopic (exact) mass is 261 g/mol. The minimum atomic E-state index is -0.358. The van der Waals surface area contributed by atoms with Crippen molar-refractivity contribution < 1.29 is 5.11 Å². The third kappa shape index (κ3) is 5.29. The largest absolute Gasteiger partial charge is 0.508 e. The van der Waals surface area contributed by atoms with Crippen LogP contribution in [0.1, 0.15) is 31.9 Å². The fraction of sp³-hybridized carbons (Fsp3) is 0.533. The van der Waals surface area contributed by atoms with Gasteiger partial charge in [0.25, 0.3) is 0 Å². The predicted molar refractivity (Wildman–Crippen MR) is 76.9 cm³/mol. The molecular weight excluding hydrogens is 238 g/mol. The Balaban J connectivity index is 2.40. The first-order valence-electron chi connectivity index (χ1n) is 6.85. The van der Waals surface area contributed by atoms with Crippen LogP contribution in [-0.4, -0.2) is 36.2 Å². The van der Waals surface area contributed by atoms with E-state index in [1.165, 1.54) is 0 Å². The Morgan fingerprint density at radius 3 is 2.68 bits per heavy atom. The lowest BCUT2D eigenvalue weighted by atomic mass is 10.1. The quantitative estimate of drug-likeness (QED) is 0.705. The Bertz CT molecular complexity index is 410. The zero-order valence-corrected chi connectivity index (χ0v) is 11.8. The molecule has 1 aromatic carbocycles. The number of aromatic hydroxyl groups is 1. The highest BCUT2D eigenvalue weighted by Crippen LogP contribution is 2.17. The minimum Gasteiger partial charge on any atom is -0.508 e. The van der Waals surface area contributed by atoms with Gasteiger partial charge in [0, 0.05) is 0 Å². The van der Waals surface area contributed by atoms with Gasteiger partial charge in [-0.25, -0.2) is 0 Å². The SMILES string of the molecule is CCN(CC)CCCNC(C#N)c1cccc(O)c1. The maximum Gasteiger partial charge on any atom is 0.121 e. The summed E-state index contributed by atoms with van der Waals surface area (Å²) < 4.78 is 0. The van der Waals surface area contributed by atoms with Crippen LogP contribution in [0.25, 0.3) is 0 Å². The van der Waals surface area contributed by atoms with Crippen molar-refractivity contribution in [1.29, 1.82) is 5.26 Å². The van der Waals surface area contributed by atoms with E-state index < -0.39 is 0 Å². The van der Waals surface area contributed by atoms with Crippen LogP contribution < -0.4 is 5.32 Å². The number of hydrogen-bond acceptors (Lipinski definition) is 4. The molecule has 19 heavy (non-hydrogen) atoms. The van der Waals surface area contributed by atoms with E-state index in [0.29, 0.717) is 0 Å². The molecule has 0 saturated heterocycles. The van der Waals surface area contributed by atoms with Crippen LogP contribution in [0.3, 0.4) is 0 Å². The van der Waals surface area contributed by atoms with Gasteiger partial charge in [0.1, 0.15) is 11.8 Å². The highest BCUT2D eigenvalue weighted by Gasteiger charge is 2.09. The molecule has 1 aromatic rings.